The quantitative estimate of drug-likeness (QED) is 0.349. The van der Waals surface area contributed by atoms with Crippen molar-refractivity contribution in [2.75, 3.05) is 0 Å². The predicted octanol–water partition coefficient (Wildman–Crippen LogP) is 6.01. The van der Waals surface area contributed by atoms with Gasteiger partial charge in [0, 0.05) is 21.7 Å². The fraction of sp³-hybridized carbons (Fsp3) is 0. The van der Waals surface area contributed by atoms with E-state index in [0.717, 1.165) is 32.2 Å². The Kier molecular flexibility index (Phi) is 3.51. The minimum absolute atomic E-state index is 0.00656. The second-order valence-electron chi connectivity index (χ2n) is 6.83. The van der Waals surface area contributed by atoms with Gasteiger partial charge in [0.1, 0.15) is 5.69 Å². The van der Waals surface area contributed by atoms with Gasteiger partial charge >= 0.3 is 0 Å². The van der Waals surface area contributed by atoms with Crippen molar-refractivity contribution >= 4 is 38.9 Å². The number of nitrogens with zero attached hydrogens (tertiary/aromatic N) is 3. The van der Waals surface area contributed by atoms with Gasteiger partial charge in [0.25, 0.3) is 0 Å². The molecule has 2 heterocycles. The van der Waals surface area contributed by atoms with Crippen LogP contribution >= 0.6 is 22.9 Å². The molecule has 1 aliphatic carbocycles. The maximum absolute atomic E-state index is 13.3. The molecular weight excluding hydrogens is 402 g/mol. The molecule has 4 nitrogen and oxygen atoms in total. The van der Waals surface area contributed by atoms with Crippen LogP contribution in [0.4, 0.5) is 0 Å². The van der Waals surface area contributed by atoms with Crippen molar-refractivity contribution in [2.24, 2.45) is 0 Å². The molecule has 5 aromatic rings. The highest BCUT2D eigenvalue weighted by Gasteiger charge is 2.35. The number of halogens is 1. The summed E-state index contributed by atoms with van der Waals surface area (Å²) in [5.74, 6) is -0.00656. The van der Waals surface area contributed by atoms with E-state index in [1.807, 2.05) is 77.5 Å². The molecule has 2 aromatic heterocycles. The lowest BCUT2D eigenvalue weighted by atomic mass is 10.0. The summed E-state index contributed by atoms with van der Waals surface area (Å²) in [4.78, 5) is 18.0. The summed E-state index contributed by atoms with van der Waals surface area (Å²) in [7, 11) is 0. The van der Waals surface area contributed by atoms with Crippen molar-refractivity contribution in [1.29, 1.82) is 0 Å². The lowest BCUT2D eigenvalue weighted by Gasteiger charge is -2.03. The first-order valence-electron chi connectivity index (χ1n) is 9.10. The van der Waals surface area contributed by atoms with Crippen molar-refractivity contribution in [3.05, 3.63) is 88.9 Å². The first-order valence-corrected chi connectivity index (χ1v) is 10.3. The van der Waals surface area contributed by atoms with E-state index in [2.05, 4.69) is 0 Å². The van der Waals surface area contributed by atoms with Crippen LogP contribution in [-0.2, 0) is 0 Å². The minimum Gasteiger partial charge on any atom is -0.288 e. The molecule has 29 heavy (non-hydrogen) atoms. The van der Waals surface area contributed by atoms with Crippen LogP contribution in [0, 0.1) is 0 Å². The number of thiazole rings is 1. The predicted molar refractivity (Wildman–Crippen MR) is 116 cm³/mol. The standard InChI is InChI=1S/C23H12ClN3OS/c24-14-11-9-13(10-12-14)20-19-21(15-5-1-2-6-16(15)22(19)28)27(26-20)23-25-17-7-3-4-8-18(17)29-23/h1-12H. The Bertz CT molecular complexity index is 1400. The molecule has 0 aliphatic heterocycles. The molecule has 6 heteroatoms. The zero-order chi connectivity index (χ0) is 19.5. The van der Waals surface area contributed by atoms with Crippen molar-refractivity contribution in [3.63, 3.8) is 0 Å². The lowest BCUT2D eigenvalue weighted by molar-refractivity contribution is 0.104. The number of benzene rings is 3. The Morgan fingerprint density at radius 3 is 2.38 bits per heavy atom. The summed E-state index contributed by atoms with van der Waals surface area (Å²) in [6.45, 7) is 0. The first-order chi connectivity index (χ1) is 14.2. The fourth-order valence-electron chi connectivity index (χ4n) is 3.80. The number of hydrogen-bond acceptors (Lipinski definition) is 4. The van der Waals surface area contributed by atoms with Gasteiger partial charge in [-0.1, -0.05) is 71.5 Å². The van der Waals surface area contributed by atoms with E-state index in [1.165, 1.54) is 0 Å². The molecule has 0 radical (unpaired) electrons. The molecule has 6 rings (SSSR count). The summed E-state index contributed by atoms with van der Waals surface area (Å²) in [5.41, 5.74) is 5.43. The largest absolute Gasteiger partial charge is 0.288 e. The fourth-order valence-corrected chi connectivity index (χ4v) is 4.85. The zero-order valence-electron chi connectivity index (χ0n) is 15.0. The van der Waals surface area contributed by atoms with Gasteiger partial charge in [0.15, 0.2) is 5.78 Å². The van der Waals surface area contributed by atoms with E-state index >= 15 is 0 Å². The van der Waals surface area contributed by atoms with E-state index in [4.69, 9.17) is 21.7 Å². The van der Waals surface area contributed by atoms with Gasteiger partial charge in [-0.3, -0.25) is 4.79 Å². The van der Waals surface area contributed by atoms with Crippen LogP contribution in [0.5, 0.6) is 0 Å². The van der Waals surface area contributed by atoms with Crippen LogP contribution < -0.4 is 0 Å². The highest BCUT2D eigenvalue weighted by molar-refractivity contribution is 7.20. The van der Waals surface area contributed by atoms with Gasteiger partial charge in [0.05, 0.1) is 21.5 Å². The van der Waals surface area contributed by atoms with Crippen molar-refractivity contribution in [3.8, 4) is 27.6 Å². The summed E-state index contributed by atoms with van der Waals surface area (Å²) in [6, 6.07) is 23.1. The summed E-state index contributed by atoms with van der Waals surface area (Å²) >= 11 is 7.62. The molecule has 0 N–H and O–H groups in total. The summed E-state index contributed by atoms with van der Waals surface area (Å²) in [6.07, 6.45) is 0. The maximum Gasteiger partial charge on any atom is 0.212 e. The van der Waals surface area contributed by atoms with Crippen LogP contribution in [0.3, 0.4) is 0 Å². The maximum atomic E-state index is 13.3. The SMILES string of the molecule is O=C1c2ccccc2-c2c1c(-c1ccc(Cl)cc1)nn2-c1nc2ccccc2s1. The van der Waals surface area contributed by atoms with Gasteiger partial charge in [0.2, 0.25) is 5.13 Å². The van der Waals surface area contributed by atoms with Gasteiger partial charge in [-0.15, -0.1) is 0 Å². The Morgan fingerprint density at radius 2 is 1.59 bits per heavy atom. The second kappa shape index (κ2) is 6.11. The molecular formula is C23H12ClN3OS. The molecule has 0 fully saturated rings. The van der Waals surface area contributed by atoms with E-state index in [9.17, 15) is 4.79 Å². The molecule has 138 valence electrons. The highest BCUT2D eigenvalue weighted by atomic mass is 35.5. The Morgan fingerprint density at radius 1 is 0.862 bits per heavy atom. The molecule has 0 bridgehead atoms. The van der Waals surface area contributed by atoms with Crippen molar-refractivity contribution in [2.45, 2.75) is 0 Å². The molecule has 0 amide bonds. The van der Waals surface area contributed by atoms with Crippen LogP contribution in [0.2, 0.25) is 5.02 Å². The van der Waals surface area contributed by atoms with Crippen LogP contribution in [-0.4, -0.2) is 20.5 Å². The Balaban J connectivity index is 1.67. The molecule has 0 unspecified atom stereocenters. The van der Waals surface area contributed by atoms with E-state index in [-0.39, 0.29) is 5.78 Å². The third kappa shape index (κ3) is 2.41. The Hall–Kier alpha value is -3.28. The number of carbonyl (C=O) groups excluding carboxylic acids is 1. The number of para-hydroxylation sites is 1. The number of aromatic nitrogens is 3. The topological polar surface area (TPSA) is 47.8 Å². The summed E-state index contributed by atoms with van der Waals surface area (Å²) < 4.78 is 2.89. The summed E-state index contributed by atoms with van der Waals surface area (Å²) in [5, 5.41) is 6.23. The average molecular weight is 414 g/mol. The third-order valence-corrected chi connectivity index (χ3v) is 6.38. The number of rotatable bonds is 2. The Labute approximate surface area is 175 Å². The number of carbonyl (C=O) groups is 1. The molecule has 0 saturated carbocycles. The lowest BCUT2D eigenvalue weighted by Crippen LogP contribution is -1.99. The number of ketones is 1. The first kappa shape index (κ1) is 16.7. The third-order valence-electron chi connectivity index (χ3n) is 5.12. The van der Waals surface area contributed by atoms with Gasteiger partial charge < -0.3 is 0 Å². The van der Waals surface area contributed by atoms with Crippen LogP contribution in [0.25, 0.3) is 37.9 Å². The van der Waals surface area contributed by atoms with E-state index in [0.29, 0.717) is 21.8 Å². The molecule has 3 aromatic carbocycles. The van der Waals surface area contributed by atoms with Crippen LogP contribution in [0.15, 0.2) is 72.8 Å². The molecule has 0 spiro atoms. The molecule has 1 aliphatic rings. The highest BCUT2D eigenvalue weighted by Crippen LogP contribution is 2.43. The van der Waals surface area contributed by atoms with Gasteiger partial charge in [-0.05, 0) is 24.3 Å². The monoisotopic (exact) mass is 413 g/mol. The zero-order valence-corrected chi connectivity index (χ0v) is 16.5. The molecule has 0 saturated heterocycles. The van der Waals surface area contributed by atoms with Crippen molar-refractivity contribution in [1.82, 2.24) is 14.8 Å². The second-order valence-corrected chi connectivity index (χ2v) is 8.28. The van der Waals surface area contributed by atoms with Gasteiger partial charge in [-0.25, -0.2) is 9.67 Å². The average Bonchev–Trinajstić information content (AvgIpc) is 3.42. The van der Waals surface area contributed by atoms with E-state index in [1.54, 1.807) is 11.3 Å². The van der Waals surface area contributed by atoms with Crippen LogP contribution in [0.1, 0.15) is 15.9 Å². The number of hydrogen-bond donors (Lipinski definition) is 0. The minimum atomic E-state index is -0.00656. The van der Waals surface area contributed by atoms with Gasteiger partial charge in [-0.2, -0.15) is 5.10 Å². The van der Waals surface area contributed by atoms with Crippen molar-refractivity contribution < 1.29 is 4.79 Å². The number of fused-ring (bicyclic) bond motifs is 4. The van der Waals surface area contributed by atoms with E-state index < -0.39 is 0 Å². The normalized spacial score (nSPS) is 12.4. The smallest absolute Gasteiger partial charge is 0.212 e. The molecule has 0 atom stereocenters.